The van der Waals surface area contributed by atoms with Crippen LogP contribution in [0, 0.1) is 5.41 Å². The summed E-state index contributed by atoms with van der Waals surface area (Å²) in [6, 6.07) is 0. The highest BCUT2D eigenvalue weighted by atomic mass is 16.5. The van der Waals surface area contributed by atoms with Gasteiger partial charge in [-0.3, -0.25) is 9.59 Å². The third kappa shape index (κ3) is 2.17. The number of Topliss-reactive ketones (excluding diaryl/α,β-unsaturated/α-hetero) is 1. The molecule has 0 aromatic heterocycles. The Balaban J connectivity index is 2.54. The number of carbonyl (C=O) groups is 3. The maximum atomic E-state index is 12.3. The molecule has 0 aliphatic heterocycles. The van der Waals surface area contributed by atoms with Crippen molar-refractivity contribution < 1.29 is 23.9 Å². The first-order valence-corrected chi connectivity index (χ1v) is 6.59. The number of methoxy groups -OCH3 is 1. The van der Waals surface area contributed by atoms with Gasteiger partial charge in [0.2, 0.25) is 0 Å². The molecule has 0 aromatic rings. The number of carbonyl (C=O) groups excluding carboxylic acids is 3. The summed E-state index contributed by atoms with van der Waals surface area (Å²) in [5.41, 5.74) is 0.291. The van der Waals surface area contributed by atoms with E-state index in [1.54, 1.807) is 19.1 Å². The standard InChI is InChI=1S/C15H18O5/c1-9(16)20-13-6-4-5-10(14(18)19-3)11-7-8-12(17)15(11,13)2/h4,6,13H,5,7-8H2,1-3H3/t13?,15-/m0/s1. The normalized spacial score (nSPS) is 28.9. The van der Waals surface area contributed by atoms with Crippen LogP contribution in [0.2, 0.25) is 0 Å². The second kappa shape index (κ2) is 5.23. The minimum absolute atomic E-state index is 0.00768. The van der Waals surface area contributed by atoms with Crippen LogP contribution in [0.3, 0.4) is 0 Å². The van der Waals surface area contributed by atoms with Gasteiger partial charge in [-0.05, 0) is 31.4 Å². The van der Waals surface area contributed by atoms with E-state index in [4.69, 9.17) is 9.47 Å². The molecule has 2 aliphatic carbocycles. The Hall–Kier alpha value is -1.91. The second-order valence-corrected chi connectivity index (χ2v) is 5.24. The van der Waals surface area contributed by atoms with Crippen molar-refractivity contribution in [2.24, 2.45) is 5.41 Å². The van der Waals surface area contributed by atoms with Gasteiger partial charge in [0.15, 0.2) is 0 Å². The molecular formula is C15H18O5. The molecule has 0 aromatic carbocycles. The van der Waals surface area contributed by atoms with E-state index in [0.29, 0.717) is 24.8 Å². The van der Waals surface area contributed by atoms with Gasteiger partial charge in [-0.25, -0.2) is 4.79 Å². The van der Waals surface area contributed by atoms with Crippen LogP contribution in [-0.4, -0.2) is 30.9 Å². The molecule has 1 unspecified atom stereocenters. The fourth-order valence-electron chi connectivity index (χ4n) is 3.01. The summed E-state index contributed by atoms with van der Waals surface area (Å²) in [6.45, 7) is 3.05. The first-order chi connectivity index (χ1) is 9.41. The van der Waals surface area contributed by atoms with Gasteiger partial charge < -0.3 is 9.47 Å². The minimum Gasteiger partial charge on any atom is -0.466 e. The largest absolute Gasteiger partial charge is 0.466 e. The molecule has 0 radical (unpaired) electrons. The number of ketones is 1. The first kappa shape index (κ1) is 14.5. The van der Waals surface area contributed by atoms with Crippen LogP contribution in [-0.2, 0) is 23.9 Å². The third-order valence-electron chi connectivity index (χ3n) is 4.10. The van der Waals surface area contributed by atoms with E-state index >= 15 is 0 Å². The molecular weight excluding hydrogens is 260 g/mol. The lowest BCUT2D eigenvalue weighted by Crippen LogP contribution is -2.39. The summed E-state index contributed by atoms with van der Waals surface area (Å²) in [5.74, 6) is -0.873. The zero-order valence-corrected chi connectivity index (χ0v) is 11.9. The number of hydrogen-bond acceptors (Lipinski definition) is 5. The summed E-state index contributed by atoms with van der Waals surface area (Å²) < 4.78 is 10.1. The number of allylic oxidation sites excluding steroid dienone is 1. The van der Waals surface area contributed by atoms with Gasteiger partial charge in [-0.1, -0.05) is 6.08 Å². The van der Waals surface area contributed by atoms with E-state index in [0.717, 1.165) is 5.57 Å². The van der Waals surface area contributed by atoms with Crippen molar-refractivity contribution >= 4 is 17.7 Å². The molecule has 108 valence electrons. The van der Waals surface area contributed by atoms with Crippen LogP contribution in [0.4, 0.5) is 0 Å². The zero-order valence-electron chi connectivity index (χ0n) is 11.9. The van der Waals surface area contributed by atoms with Crippen molar-refractivity contribution in [2.75, 3.05) is 7.11 Å². The summed E-state index contributed by atoms with van der Waals surface area (Å²) in [7, 11) is 1.32. The highest BCUT2D eigenvalue weighted by Gasteiger charge is 2.51. The Morgan fingerprint density at radius 2 is 2.05 bits per heavy atom. The molecule has 0 heterocycles. The highest BCUT2D eigenvalue weighted by Crippen LogP contribution is 2.47. The summed E-state index contributed by atoms with van der Waals surface area (Å²) >= 11 is 0. The Labute approximate surface area is 117 Å². The zero-order chi connectivity index (χ0) is 14.9. The number of fused-ring (bicyclic) bond motifs is 1. The van der Waals surface area contributed by atoms with Crippen molar-refractivity contribution in [1.82, 2.24) is 0 Å². The summed E-state index contributed by atoms with van der Waals surface area (Å²) in [6.07, 6.45) is 4.05. The number of esters is 2. The van der Waals surface area contributed by atoms with Gasteiger partial charge in [0.25, 0.3) is 0 Å². The molecule has 1 saturated carbocycles. The van der Waals surface area contributed by atoms with Crippen molar-refractivity contribution in [1.29, 1.82) is 0 Å². The molecule has 5 nitrogen and oxygen atoms in total. The lowest BCUT2D eigenvalue weighted by Gasteiger charge is -2.31. The van der Waals surface area contributed by atoms with Crippen LogP contribution >= 0.6 is 0 Å². The maximum Gasteiger partial charge on any atom is 0.334 e. The van der Waals surface area contributed by atoms with Gasteiger partial charge in [0.05, 0.1) is 12.5 Å². The Morgan fingerprint density at radius 1 is 1.35 bits per heavy atom. The molecule has 2 aliphatic rings. The molecule has 0 bridgehead atoms. The quantitative estimate of drug-likeness (QED) is 0.568. The van der Waals surface area contributed by atoms with Crippen LogP contribution in [0.15, 0.2) is 23.3 Å². The van der Waals surface area contributed by atoms with Crippen molar-refractivity contribution in [2.45, 2.75) is 39.2 Å². The van der Waals surface area contributed by atoms with Gasteiger partial charge in [0, 0.05) is 18.9 Å². The Bertz CT molecular complexity index is 528. The van der Waals surface area contributed by atoms with E-state index in [9.17, 15) is 14.4 Å². The fraction of sp³-hybridized carbons (Fsp3) is 0.533. The van der Waals surface area contributed by atoms with E-state index in [-0.39, 0.29) is 5.78 Å². The second-order valence-electron chi connectivity index (χ2n) is 5.24. The average Bonchev–Trinajstić information content (AvgIpc) is 2.62. The number of rotatable bonds is 2. The van der Waals surface area contributed by atoms with Crippen LogP contribution in [0.1, 0.15) is 33.1 Å². The lowest BCUT2D eigenvalue weighted by molar-refractivity contribution is -0.150. The van der Waals surface area contributed by atoms with Gasteiger partial charge in [0.1, 0.15) is 11.9 Å². The molecule has 0 N–H and O–H groups in total. The van der Waals surface area contributed by atoms with Crippen molar-refractivity contribution in [3.8, 4) is 0 Å². The Morgan fingerprint density at radius 3 is 2.65 bits per heavy atom. The molecule has 5 heteroatoms. The molecule has 2 rings (SSSR count). The van der Waals surface area contributed by atoms with E-state index in [2.05, 4.69) is 0 Å². The number of ether oxygens (including phenoxy) is 2. The monoisotopic (exact) mass is 278 g/mol. The molecule has 0 saturated heterocycles. The van der Waals surface area contributed by atoms with E-state index in [1.165, 1.54) is 14.0 Å². The summed E-state index contributed by atoms with van der Waals surface area (Å²) in [5, 5.41) is 0. The molecule has 2 atom stereocenters. The first-order valence-electron chi connectivity index (χ1n) is 6.59. The van der Waals surface area contributed by atoms with Gasteiger partial charge in [-0.2, -0.15) is 0 Å². The smallest absolute Gasteiger partial charge is 0.334 e. The van der Waals surface area contributed by atoms with Gasteiger partial charge in [-0.15, -0.1) is 0 Å². The highest BCUT2D eigenvalue weighted by molar-refractivity contribution is 5.98. The molecule has 0 amide bonds. The predicted octanol–water partition coefficient (Wildman–Crippen LogP) is 1.72. The minimum atomic E-state index is -0.956. The third-order valence-corrected chi connectivity index (χ3v) is 4.10. The SMILES string of the molecule is COC(=O)C1=C2CCC(=O)[C@@]2(C)C(OC(C)=O)C=CC1. The predicted molar refractivity (Wildman–Crippen MR) is 70.7 cm³/mol. The van der Waals surface area contributed by atoms with Gasteiger partial charge >= 0.3 is 11.9 Å². The van der Waals surface area contributed by atoms with Crippen LogP contribution in [0.5, 0.6) is 0 Å². The summed E-state index contributed by atoms with van der Waals surface area (Å²) in [4.78, 5) is 35.5. The maximum absolute atomic E-state index is 12.3. The van der Waals surface area contributed by atoms with Crippen LogP contribution in [0.25, 0.3) is 0 Å². The Kier molecular flexibility index (Phi) is 3.79. The molecule has 1 fully saturated rings. The van der Waals surface area contributed by atoms with Crippen LogP contribution < -0.4 is 0 Å². The molecule has 20 heavy (non-hydrogen) atoms. The fourth-order valence-corrected chi connectivity index (χ4v) is 3.01. The van der Waals surface area contributed by atoms with Crippen molar-refractivity contribution in [3.63, 3.8) is 0 Å². The lowest BCUT2D eigenvalue weighted by atomic mass is 9.77. The van der Waals surface area contributed by atoms with Crippen molar-refractivity contribution in [3.05, 3.63) is 23.3 Å². The van der Waals surface area contributed by atoms with E-state index < -0.39 is 23.5 Å². The topological polar surface area (TPSA) is 69.7 Å². The number of hydrogen-bond donors (Lipinski definition) is 0. The van der Waals surface area contributed by atoms with E-state index in [1.807, 2.05) is 0 Å². The molecule has 0 spiro atoms. The average molecular weight is 278 g/mol.